The van der Waals surface area contributed by atoms with E-state index < -0.39 is 11.5 Å². The van der Waals surface area contributed by atoms with Crippen LogP contribution >= 0.6 is 0 Å². The molecule has 1 aromatic heterocycles. The number of nitrogens with zero attached hydrogens (tertiary/aromatic N) is 3. The molecule has 7 nitrogen and oxygen atoms in total. The molecule has 0 radical (unpaired) electrons. The maximum absolute atomic E-state index is 13.0. The summed E-state index contributed by atoms with van der Waals surface area (Å²) >= 11 is 0. The van der Waals surface area contributed by atoms with Crippen molar-refractivity contribution in [2.75, 3.05) is 4.90 Å². The Morgan fingerprint density at radius 1 is 1.18 bits per heavy atom. The van der Waals surface area contributed by atoms with Crippen molar-refractivity contribution in [3.63, 3.8) is 0 Å². The second kappa shape index (κ2) is 6.69. The van der Waals surface area contributed by atoms with Gasteiger partial charge in [-0.2, -0.15) is 0 Å². The number of rotatable bonds is 5. The molecule has 2 heterocycles. The van der Waals surface area contributed by atoms with Gasteiger partial charge in [0.2, 0.25) is 11.8 Å². The fraction of sp³-hybridized carbons (Fsp3) is 0.238. The van der Waals surface area contributed by atoms with E-state index in [9.17, 15) is 14.7 Å². The molecule has 1 amide bonds. The van der Waals surface area contributed by atoms with E-state index in [1.807, 2.05) is 43.3 Å². The predicted octanol–water partition coefficient (Wildman–Crippen LogP) is 2.76. The zero-order valence-corrected chi connectivity index (χ0v) is 15.5. The quantitative estimate of drug-likeness (QED) is 0.734. The van der Waals surface area contributed by atoms with Gasteiger partial charge in [-0.15, -0.1) is 10.2 Å². The van der Waals surface area contributed by atoms with E-state index >= 15 is 0 Å². The highest BCUT2D eigenvalue weighted by atomic mass is 16.4. The van der Waals surface area contributed by atoms with Crippen molar-refractivity contribution in [3.8, 4) is 11.5 Å². The van der Waals surface area contributed by atoms with Crippen LogP contribution in [0.15, 0.2) is 52.9 Å². The molecule has 0 saturated carbocycles. The number of hydrogen-bond acceptors (Lipinski definition) is 6. The summed E-state index contributed by atoms with van der Waals surface area (Å²) in [6.45, 7) is 3.23. The molecule has 7 heteroatoms. The first-order valence-corrected chi connectivity index (χ1v) is 8.91. The van der Waals surface area contributed by atoms with Crippen molar-refractivity contribution in [2.45, 2.75) is 32.4 Å². The van der Waals surface area contributed by atoms with Crippen molar-refractivity contribution < 1.29 is 19.1 Å². The molecule has 28 heavy (non-hydrogen) atoms. The average molecular weight is 377 g/mol. The van der Waals surface area contributed by atoms with Crippen molar-refractivity contribution in [3.05, 3.63) is 65.5 Å². The van der Waals surface area contributed by atoms with E-state index in [1.165, 1.54) is 11.8 Å². The molecule has 1 atom stereocenters. The third-order valence-corrected chi connectivity index (χ3v) is 4.77. The van der Waals surface area contributed by atoms with Crippen LogP contribution in [0.3, 0.4) is 0 Å². The number of amides is 1. The largest absolute Gasteiger partial charge is 0.419 e. The number of carbonyl (C=O) groups excluding carboxylic acids is 2. The molecular weight excluding hydrogens is 358 g/mol. The van der Waals surface area contributed by atoms with E-state index in [-0.39, 0.29) is 24.6 Å². The summed E-state index contributed by atoms with van der Waals surface area (Å²) in [5.74, 6) is -0.242. The molecule has 0 fully saturated rings. The van der Waals surface area contributed by atoms with E-state index in [2.05, 4.69) is 10.2 Å². The normalized spacial score (nSPS) is 18.4. The van der Waals surface area contributed by atoms with Gasteiger partial charge in [0.05, 0.1) is 5.69 Å². The molecule has 0 aliphatic carbocycles. The zero-order chi connectivity index (χ0) is 19.9. The summed E-state index contributed by atoms with van der Waals surface area (Å²) in [6.07, 6.45) is -0.280. The maximum Gasteiger partial charge on any atom is 0.264 e. The molecule has 0 spiro atoms. The van der Waals surface area contributed by atoms with Gasteiger partial charge in [-0.3, -0.25) is 14.5 Å². The molecule has 0 bridgehead atoms. The fourth-order valence-corrected chi connectivity index (χ4v) is 3.50. The van der Waals surface area contributed by atoms with Crippen molar-refractivity contribution in [2.24, 2.45) is 0 Å². The van der Waals surface area contributed by atoms with Gasteiger partial charge >= 0.3 is 0 Å². The van der Waals surface area contributed by atoms with Crippen molar-refractivity contribution in [1.29, 1.82) is 0 Å². The van der Waals surface area contributed by atoms with E-state index in [1.54, 1.807) is 12.1 Å². The number of benzene rings is 2. The van der Waals surface area contributed by atoms with Crippen LogP contribution in [0.4, 0.5) is 5.69 Å². The number of aryl methyl sites for hydroxylation is 1. The summed E-state index contributed by atoms with van der Waals surface area (Å²) < 4.78 is 5.70. The molecule has 2 aromatic carbocycles. The molecule has 1 aliphatic heterocycles. The highest BCUT2D eigenvalue weighted by Crippen LogP contribution is 2.43. The smallest absolute Gasteiger partial charge is 0.264 e. The Hall–Kier alpha value is -3.32. The van der Waals surface area contributed by atoms with Gasteiger partial charge < -0.3 is 9.52 Å². The first kappa shape index (κ1) is 18.1. The third-order valence-electron chi connectivity index (χ3n) is 4.77. The van der Waals surface area contributed by atoms with Crippen LogP contribution in [0.1, 0.15) is 30.4 Å². The molecule has 0 saturated heterocycles. The molecule has 1 aliphatic rings. The Balaban J connectivity index is 1.68. The lowest BCUT2D eigenvalue weighted by Crippen LogP contribution is -2.41. The molecular formula is C21H19N3O4. The number of ketones is 1. The van der Waals surface area contributed by atoms with Crippen LogP contribution in [0.2, 0.25) is 0 Å². The SMILES string of the molecule is CC(=O)CC1(O)C(=O)N(Cc2nnc(-c3ccccc3)o2)c2ccc(C)cc21. The Kier molecular flexibility index (Phi) is 4.31. The van der Waals surface area contributed by atoms with Gasteiger partial charge in [0, 0.05) is 17.5 Å². The second-order valence-corrected chi connectivity index (χ2v) is 7.02. The van der Waals surface area contributed by atoms with Crippen molar-refractivity contribution in [1.82, 2.24) is 10.2 Å². The first-order valence-electron chi connectivity index (χ1n) is 8.91. The van der Waals surface area contributed by atoms with Crippen LogP contribution < -0.4 is 4.90 Å². The van der Waals surface area contributed by atoms with E-state index in [0.29, 0.717) is 17.1 Å². The van der Waals surface area contributed by atoms with E-state index in [0.717, 1.165) is 11.1 Å². The average Bonchev–Trinajstić information content (AvgIpc) is 3.21. The minimum Gasteiger partial charge on any atom is -0.419 e. The minimum absolute atomic E-state index is 0.00887. The number of fused-ring (bicyclic) bond motifs is 1. The topological polar surface area (TPSA) is 96.5 Å². The lowest BCUT2D eigenvalue weighted by molar-refractivity contribution is -0.141. The number of Topliss-reactive ketones (excluding diaryl/α,β-unsaturated/α-hetero) is 1. The molecule has 1 N–H and O–H groups in total. The summed E-state index contributed by atoms with van der Waals surface area (Å²) in [6, 6.07) is 14.7. The van der Waals surface area contributed by atoms with Gasteiger partial charge in [0.1, 0.15) is 12.3 Å². The van der Waals surface area contributed by atoms with Crippen molar-refractivity contribution >= 4 is 17.4 Å². The number of hydrogen-bond donors (Lipinski definition) is 1. The van der Waals surface area contributed by atoms with Crippen LogP contribution in [-0.4, -0.2) is 27.0 Å². The highest BCUT2D eigenvalue weighted by molar-refractivity contribution is 6.08. The third kappa shape index (κ3) is 2.99. The van der Waals surface area contributed by atoms with Gasteiger partial charge in [-0.05, 0) is 32.0 Å². The Bertz CT molecular complexity index is 1060. The Morgan fingerprint density at radius 3 is 2.64 bits per heavy atom. The number of carbonyl (C=O) groups is 2. The number of anilines is 1. The zero-order valence-electron chi connectivity index (χ0n) is 15.5. The highest BCUT2D eigenvalue weighted by Gasteiger charge is 2.50. The molecule has 4 rings (SSSR count). The Morgan fingerprint density at radius 2 is 1.93 bits per heavy atom. The van der Waals surface area contributed by atoms with E-state index in [4.69, 9.17) is 4.42 Å². The standard InChI is InChI=1S/C21H19N3O4/c1-13-8-9-17-16(10-13)21(27,11-14(2)25)20(26)24(17)12-18-22-23-19(28-18)15-6-4-3-5-7-15/h3-10,27H,11-12H2,1-2H3. The van der Waals surface area contributed by atoms with Crippen LogP contribution in [-0.2, 0) is 21.7 Å². The van der Waals surface area contributed by atoms with Crippen LogP contribution in [0.5, 0.6) is 0 Å². The number of aliphatic hydroxyl groups is 1. The molecule has 142 valence electrons. The number of aromatic nitrogens is 2. The monoisotopic (exact) mass is 377 g/mol. The first-order chi connectivity index (χ1) is 13.4. The van der Waals surface area contributed by atoms with Crippen LogP contribution in [0, 0.1) is 6.92 Å². The van der Waals surface area contributed by atoms with Gasteiger partial charge in [-0.1, -0.05) is 35.9 Å². The summed E-state index contributed by atoms with van der Waals surface area (Å²) in [4.78, 5) is 26.1. The molecule has 3 aromatic rings. The summed E-state index contributed by atoms with van der Waals surface area (Å²) in [5, 5.41) is 19.1. The lowest BCUT2D eigenvalue weighted by Gasteiger charge is -2.21. The second-order valence-electron chi connectivity index (χ2n) is 7.02. The Labute approximate surface area is 161 Å². The fourth-order valence-electron chi connectivity index (χ4n) is 3.50. The minimum atomic E-state index is -1.88. The molecule has 1 unspecified atom stereocenters. The van der Waals surface area contributed by atoms with Crippen LogP contribution in [0.25, 0.3) is 11.5 Å². The predicted molar refractivity (Wildman–Crippen MR) is 101 cm³/mol. The van der Waals surface area contributed by atoms with Gasteiger partial charge in [-0.25, -0.2) is 0 Å². The summed E-state index contributed by atoms with van der Waals surface area (Å²) in [7, 11) is 0. The van der Waals surface area contributed by atoms with Gasteiger partial charge in [0.25, 0.3) is 5.91 Å². The lowest BCUT2D eigenvalue weighted by atomic mass is 9.89. The summed E-state index contributed by atoms with van der Waals surface area (Å²) in [5.41, 5.74) is 0.752. The maximum atomic E-state index is 13.0. The van der Waals surface area contributed by atoms with Gasteiger partial charge in [0.15, 0.2) is 5.60 Å².